The van der Waals surface area contributed by atoms with Crippen LogP contribution in [0.1, 0.15) is 96.2 Å². The van der Waals surface area contributed by atoms with Crippen molar-refractivity contribution in [3.63, 3.8) is 0 Å². The van der Waals surface area contributed by atoms with Gasteiger partial charge in [0.25, 0.3) is 0 Å². The summed E-state index contributed by atoms with van der Waals surface area (Å²) < 4.78 is 12.8. The largest absolute Gasteiger partial charge is 0.457 e. The van der Waals surface area contributed by atoms with Crippen molar-refractivity contribution in [1.82, 2.24) is 4.98 Å². The third kappa shape index (κ3) is 5.77. The van der Waals surface area contributed by atoms with Gasteiger partial charge in [0.2, 0.25) is 0 Å². The minimum absolute atomic E-state index is 0.0120. The summed E-state index contributed by atoms with van der Waals surface area (Å²) in [5, 5.41) is 23.3. The first-order valence-corrected chi connectivity index (χ1v) is 14.3. The molecule has 37 heavy (non-hydrogen) atoms. The molecule has 1 aromatic carbocycles. The summed E-state index contributed by atoms with van der Waals surface area (Å²) in [6.07, 6.45) is 1.67. The first kappa shape index (κ1) is 28.1. The van der Waals surface area contributed by atoms with Crippen LogP contribution in [0.5, 0.6) is 0 Å². The number of benzene rings is 1. The molecular weight excluding hydrogens is 490 g/mol. The van der Waals surface area contributed by atoms with E-state index in [-0.39, 0.29) is 24.5 Å². The normalized spacial score (nSPS) is 35.7. The number of hydrogen-bond donors (Lipinski definition) is 2. The zero-order valence-electron chi connectivity index (χ0n) is 22.9. The number of aliphatic hydroxyl groups excluding tert-OH is 1. The lowest BCUT2D eigenvalue weighted by atomic mass is 9.72. The van der Waals surface area contributed by atoms with Gasteiger partial charge in [-0.1, -0.05) is 46.6 Å². The molecule has 0 spiro atoms. The summed E-state index contributed by atoms with van der Waals surface area (Å²) in [5.41, 5.74) is -0.291. The molecule has 1 aromatic heterocycles. The lowest BCUT2D eigenvalue weighted by molar-refractivity contribution is -0.158. The van der Waals surface area contributed by atoms with Crippen LogP contribution in [0.25, 0.3) is 10.2 Å². The summed E-state index contributed by atoms with van der Waals surface area (Å²) in [6, 6.07) is 5.72. The fraction of sp³-hybridized carbons (Fsp3) is 0.690. The molecule has 4 rings (SSSR count). The van der Waals surface area contributed by atoms with Gasteiger partial charge in [0.15, 0.2) is 5.79 Å². The average Bonchev–Trinajstić information content (AvgIpc) is 3.15. The van der Waals surface area contributed by atoms with Crippen LogP contribution in [0, 0.1) is 24.2 Å². The number of ketones is 1. The van der Waals surface area contributed by atoms with E-state index in [9.17, 15) is 19.8 Å². The van der Waals surface area contributed by atoms with Crippen LogP contribution >= 0.6 is 11.3 Å². The van der Waals surface area contributed by atoms with Crippen LogP contribution in [-0.2, 0) is 19.1 Å². The van der Waals surface area contributed by atoms with Crippen molar-refractivity contribution in [2.45, 2.75) is 110 Å². The van der Waals surface area contributed by atoms with Gasteiger partial charge in [-0.3, -0.25) is 9.59 Å². The zero-order chi connectivity index (χ0) is 27.2. The lowest BCUT2D eigenvalue weighted by Crippen LogP contribution is -2.42. The molecular formula is C29H41NO6S. The number of nitrogens with zero attached hydrogens (tertiary/aromatic N) is 1. The van der Waals surface area contributed by atoms with Gasteiger partial charge in [-0.25, -0.2) is 4.98 Å². The number of hydrogen-bond acceptors (Lipinski definition) is 8. The third-order valence-electron chi connectivity index (χ3n) is 8.53. The number of carbonyl (C=O) groups is 2. The van der Waals surface area contributed by atoms with E-state index in [0.29, 0.717) is 24.3 Å². The summed E-state index contributed by atoms with van der Waals surface area (Å²) in [7, 11) is 0. The smallest absolute Gasteiger partial charge is 0.309 e. The highest BCUT2D eigenvalue weighted by Gasteiger charge is 2.66. The summed E-state index contributed by atoms with van der Waals surface area (Å²) in [4.78, 5) is 31.1. The summed E-state index contributed by atoms with van der Waals surface area (Å²) >= 11 is 1.59. The second-order valence-electron chi connectivity index (χ2n) is 11.9. The van der Waals surface area contributed by atoms with Crippen molar-refractivity contribution in [3.05, 3.63) is 28.8 Å². The number of thiazole rings is 1. The maximum absolute atomic E-state index is 13.4. The summed E-state index contributed by atoms with van der Waals surface area (Å²) in [5.74, 6) is -1.91. The number of fused-ring (bicyclic) bond motifs is 2. The van der Waals surface area contributed by atoms with Crippen molar-refractivity contribution in [2.75, 3.05) is 0 Å². The Hall–Kier alpha value is -1.87. The van der Waals surface area contributed by atoms with Crippen molar-refractivity contribution in [3.8, 4) is 0 Å². The van der Waals surface area contributed by atoms with Gasteiger partial charge < -0.3 is 19.7 Å². The topological polar surface area (TPSA) is 109 Å². The molecule has 7 nitrogen and oxygen atoms in total. The molecule has 6 atom stereocenters. The van der Waals surface area contributed by atoms with Crippen LogP contribution in [-0.4, -0.2) is 44.4 Å². The molecule has 204 valence electrons. The lowest BCUT2D eigenvalue weighted by Gasteiger charge is -2.33. The molecule has 3 heterocycles. The number of carbonyl (C=O) groups excluding carboxylic acids is 2. The predicted octanol–water partition coefficient (Wildman–Crippen LogP) is 5.64. The molecule has 2 aliphatic rings. The van der Waals surface area contributed by atoms with Gasteiger partial charge in [-0.05, 0) is 56.7 Å². The highest BCUT2D eigenvalue weighted by atomic mass is 32.1. The number of cyclic esters (lactones) is 1. The fourth-order valence-corrected chi connectivity index (χ4v) is 6.56. The molecule has 2 saturated heterocycles. The SMILES string of the molecule is CCC1CC(C)CCCC2(C)OC2(O)CC(c2ccc3sc(C)nc3c2)OC(=O)CC(O)C(C)(C)C1=O. The van der Waals surface area contributed by atoms with Gasteiger partial charge in [0.05, 0.1) is 33.2 Å². The number of aryl methyl sites for hydroxylation is 1. The van der Waals surface area contributed by atoms with Crippen molar-refractivity contribution in [1.29, 1.82) is 0 Å². The molecule has 2 aromatic rings. The van der Waals surface area contributed by atoms with Crippen LogP contribution < -0.4 is 0 Å². The second-order valence-corrected chi connectivity index (χ2v) is 13.1. The Balaban J connectivity index is 1.65. The predicted molar refractivity (Wildman–Crippen MR) is 143 cm³/mol. The monoisotopic (exact) mass is 531 g/mol. The molecule has 8 heteroatoms. The number of esters is 1. The Bertz CT molecular complexity index is 1160. The van der Waals surface area contributed by atoms with Gasteiger partial charge in [0, 0.05) is 12.3 Å². The number of Topliss-reactive ketones (excluding diaryl/α,β-unsaturated/α-hetero) is 1. The van der Waals surface area contributed by atoms with Crippen LogP contribution in [0.4, 0.5) is 0 Å². The summed E-state index contributed by atoms with van der Waals surface area (Å²) in [6.45, 7) is 11.4. The van der Waals surface area contributed by atoms with E-state index in [2.05, 4.69) is 11.9 Å². The Morgan fingerprint density at radius 2 is 1.95 bits per heavy atom. The Kier molecular flexibility index (Phi) is 7.88. The maximum Gasteiger partial charge on any atom is 0.309 e. The third-order valence-corrected chi connectivity index (χ3v) is 9.49. The van der Waals surface area contributed by atoms with E-state index >= 15 is 0 Å². The van der Waals surface area contributed by atoms with E-state index in [0.717, 1.165) is 34.5 Å². The molecule has 2 aliphatic heterocycles. The van der Waals surface area contributed by atoms with Crippen molar-refractivity contribution < 1.29 is 29.3 Å². The van der Waals surface area contributed by atoms with Crippen molar-refractivity contribution >= 4 is 33.3 Å². The van der Waals surface area contributed by atoms with E-state index in [4.69, 9.17) is 9.47 Å². The van der Waals surface area contributed by atoms with Gasteiger partial charge in [-0.2, -0.15) is 0 Å². The minimum Gasteiger partial charge on any atom is -0.457 e. The average molecular weight is 532 g/mol. The van der Waals surface area contributed by atoms with Gasteiger partial charge in [-0.15, -0.1) is 11.3 Å². The van der Waals surface area contributed by atoms with E-state index in [1.807, 2.05) is 39.0 Å². The quantitative estimate of drug-likeness (QED) is 0.381. The Morgan fingerprint density at radius 1 is 1.22 bits per heavy atom. The number of aromatic nitrogens is 1. The molecule has 0 aliphatic carbocycles. The molecule has 0 saturated carbocycles. The molecule has 6 unspecified atom stereocenters. The highest BCUT2D eigenvalue weighted by Crippen LogP contribution is 2.54. The molecule has 2 N–H and O–H groups in total. The first-order chi connectivity index (χ1) is 17.3. The Morgan fingerprint density at radius 3 is 2.65 bits per heavy atom. The molecule has 0 radical (unpaired) electrons. The minimum atomic E-state index is -1.41. The van der Waals surface area contributed by atoms with Crippen LogP contribution in [0.2, 0.25) is 0 Å². The van der Waals surface area contributed by atoms with Crippen LogP contribution in [0.15, 0.2) is 18.2 Å². The van der Waals surface area contributed by atoms with E-state index < -0.39 is 35.0 Å². The van der Waals surface area contributed by atoms with Gasteiger partial charge in [0.1, 0.15) is 17.5 Å². The van der Waals surface area contributed by atoms with Crippen molar-refractivity contribution in [2.24, 2.45) is 17.3 Å². The zero-order valence-corrected chi connectivity index (χ0v) is 23.7. The fourth-order valence-electron chi connectivity index (χ4n) is 5.75. The van der Waals surface area contributed by atoms with E-state index in [1.165, 1.54) is 0 Å². The maximum atomic E-state index is 13.4. The van der Waals surface area contributed by atoms with Gasteiger partial charge >= 0.3 is 5.97 Å². The number of aliphatic hydroxyl groups is 2. The second kappa shape index (κ2) is 10.4. The Labute approximate surface area is 223 Å². The molecule has 2 fully saturated rings. The van der Waals surface area contributed by atoms with Crippen LogP contribution in [0.3, 0.4) is 0 Å². The first-order valence-electron chi connectivity index (χ1n) is 13.5. The van der Waals surface area contributed by atoms with E-state index in [1.54, 1.807) is 25.2 Å². The molecule has 0 bridgehead atoms. The highest BCUT2D eigenvalue weighted by molar-refractivity contribution is 7.18. The number of epoxide rings is 1. The standard InChI is InChI=1S/C29H41NO6S/c1-7-19-13-17(2)9-8-12-28(6)29(34,36-28)16-22(20-10-11-23-21(14-20)30-18(3)37-23)35-25(32)15-24(31)27(4,5)26(19)33/h10-11,14,17,19,22,24,31,34H,7-9,12-13,15-16H2,1-6H3. The molecule has 0 amide bonds. The number of ether oxygens (including phenoxy) is 2. The number of rotatable bonds is 2.